The molecule has 4 unspecified atom stereocenters. The summed E-state index contributed by atoms with van der Waals surface area (Å²) in [5.41, 5.74) is 21.6. The van der Waals surface area contributed by atoms with Crippen molar-refractivity contribution in [2.45, 2.75) is 76.0 Å². The van der Waals surface area contributed by atoms with Gasteiger partial charge in [-0.15, -0.1) is 0 Å². The number of nitrogens with two attached hydrogens (primary N) is 4. The van der Waals surface area contributed by atoms with Gasteiger partial charge in [0.05, 0.1) is 6.04 Å². The minimum Gasteiger partial charge on any atom is -0.481 e. The van der Waals surface area contributed by atoms with Crippen molar-refractivity contribution in [2.75, 3.05) is 13.1 Å². The van der Waals surface area contributed by atoms with Gasteiger partial charge in [-0.05, 0) is 45.6 Å². The monoisotopic (exact) mass is 502 g/mol. The number of carbonyl (C=O) groups excluding carboxylic acids is 3. The van der Waals surface area contributed by atoms with E-state index >= 15 is 0 Å². The molecule has 0 fully saturated rings. The molecule has 0 saturated heterocycles. The fourth-order valence-corrected chi connectivity index (χ4v) is 2.89. The summed E-state index contributed by atoms with van der Waals surface area (Å²) in [6.07, 6.45) is 1.19. The van der Waals surface area contributed by atoms with Crippen molar-refractivity contribution in [3.05, 3.63) is 0 Å². The number of carboxylic acids is 2. The molecule has 0 bridgehead atoms. The van der Waals surface area contributed by atoms with Crippen LogP contribution < -0.4 is 38.9 Å². The predicted octanol–water partition coefficient (Wildman–Crippen LogP) is -3.08. The topological polar surface area (TPSA) is 278 Å². The van der Waals surface area contributed by atoms with Gasteiger partial charge in [-0.1, -0.05) is 6.42 Å². The molecule has 0 saturated carbocycles. The van der Waals surface area contributed by atoms with Crippen LogP contribution in [0.3, 0.4) is 0 Å². The molecule has 13 N–H and O–H groups in total. The first-order valence-corrected chi connectivity index (χ1v) is 11.3. The van der Waals surface area contributed by atoms with Crippen molar-refractivity contribution in [3.63, 3.8) is 0 Å². The molecular formula is C20H38N8O7. The van der Waals surface area contributed by atoms with E-state index in [1.165, 1.54) is 6.92 Å². The Morgan fingerprint density at radius 2 is 1.46 bits per heavy atom. The number of guanidine groups is 1. The van der Waals surface area contributed by atoms with Gasteiger partial charge in [-0.2, -0.15) is 0 Å². The van der Waals surface area contributed by atoms with E-state index in [0.29, 0.717) is 25.8 Å². The second-order valence-corrected chi connectivity index (χ2v) is 7.96. The Balaban J connectivity index is 5.11. The van der Waals surface area contributed by atoms with Crippen LogP contribution in [0.25, 0.3) is 0 Å². The third kappa shape index (κ3) is 14.4. The van der Waals surface area contributed by atoms with Crippen LogP contribution in [-0.2, 0) is 24.0 Å². The van der Waals surface area contributed by atoms with Gasteiger partial charge >= 0.3 is 11.9 Å². The Hall–Kier alpha value is -3.46. The van der Waals surface area contributed by atoms with E-state index in [-0.39, 0.29) is 31.8 Å². The summed E-state index contributed by atoms with van der Waals surface area (Å²) in [7, 11) is 0. The maximum absolute atomic E-state index is 12.7. The molecule has 0 spiro atoms. The maximum atomic E-state index is 12.7. The van der Waals surface area contributed by atoms with Gasteiger partial charge in [0.25, 0.3) is 0 Å². The lowest BCUT2D eigenvalue weighted by Gasteiger charge is -2.23. The standard InChI is InChI=1S/C20H38N8O7/c1-11(26-17(32)12(22)5-2-3-9-21)16(31)27-13(7-8-15(29)30)18(33)28-14(19(34)35)6-4-10-25-20(23)24/h11-14H,2-10,21-22H2,1H3,(H,26,32)(H,27,31)(H,28,33)(H,29,30)(H,34,35)(H4,23,24,25). The van der Waals surface area contributed by atoms with Gasteiger partial charge in [0.1, 0.15) is 18.1 Å². The highest BCUT2D eigenvalue weighted by atomic mass is 16.4. The summed E-state index contributed by atoms with van der Waals surface area (Å²) in [4.78, 5) is 63.6. The molecule has 35 heavy (non-hydrogen) atoms. The first-order valence-electron chi connectivity index (χ1n) is 11.3. The number of rotatable bonds is 18. The Bertz CT molecular complexity index is 758. The van der Waals surface area contributed by atoms with Crippen LogP contribution in [0.4, 0.5) is 0 Å². The SMILES string of the molecule is CC(NC(=O)C(N)CCCCN)C(=O)NC(CCC(=O)O)C(=O)NC(CCCN=C(N)N)C(=O)O. The normalized spacial score (nSPS) is 14.0. The van der Waals surface area contributed by atoms with Crippen LogP contribution >= 0.6 is 0 Å². The zero-order valence-electron chi connectivity index (χ0n) is 19.9. The fraction of sp³-hybridized carbons (Fsp3) is 0.700. The van der Waals surface area contributed by atoms with Crippen molar-refractivity contribution in [2.24, 2.45) is 27.9 Å². The largest absolute Gasteiger partial charge is 0.481 e. The fourth-order valence-electron chi connectivity index (χ4n) is 2.89. The van der Waals surface area contributed by atoms with E-state index in [4.69, 9.17) is 28.0 Å². The minimum atomic E-state index is -1.35. The number of nitrogens with one attached hydrogen (secondary N) is 3. The summed E-state index contributed by atoms with van der Waals surface area (Å²) in [5, 5.41) is 25.4. The van der Waals surface area contributed by atoms with E-state index < -0.39 is 60.2 Å². The Morgan fingerprint density at radius 1 is 0.829 bits per heavy atom. The molecule has 0 aromatic carbocycles. The second-order valence-electron chi connectivity index (χ2n) is 7.96. The van der Waals surface area contributed by atoms with Gasteiger partial charge in [0, 0.05) is 13.0 Å². The van der Waals surface area contributed by atoms with Crippen LogP contribution in [0, 0.1) is 0 Å². The summed E-state index contributed by atoms with van der Waals surface area (Å²) in [5.74, 6) is -4.91. The molecule has 0 radical (unpaired) electrons. The summed E-state index contributed by atoms with van der Waals surface area (Å²) in [6.45, 7) is 1.98. The smallest absolute Gasteiger partial charge is 0.326 e. The van der Waals surface area contributed by atoms with Gasteiger partial charge < -0.3 is 49.1 Å². The van der Waals surface area contributed by atoms with E-state index in [9.17, 15) is 29.1 Å². The molecule has 0 rings (SSSR count). The highest BCUT2D eigenvalue weighted by Crippen LogP contribution is 2.04. The lowest BCUT2D eigenvalue weighted by atomic mass is 10.1. The van der Waals surface area contributed by atoms with Crippen molar-refractivity contribution in [3.8, 4) is 0 Å². The number of nitrogens with zero attached hydrogens (tertiary/aromatic N) is 1. The number of carbonyl (C=O) groups is 5. The molecule has 0 aliphatic heterocycles. The molecule has 3 amide bonds. The van der Waals surface area contributed by atoms with Crippen molar-refractivity contribution >= 4 is 35.6 Å². The number of aliphatic imine (C=N–C) groups is 1. The maximum Gasteiger partial charge on any atom is 0.326 e. The lowest BCUT2D eigenvalue weighted by molar-refractivity contribution is -0.143. The molecule has 0 aromatic rings. The Labute approximate surface area is 203 Å². The number of carboxylic acid groups (broad SMARTS) is 2. The van der Waals surface area contributed by atoms with E-state index in [0.717, 1.165) is 0 Å². The molecule has 200 valence electrons. The first kappa shape index (κ1) is 31.5. The van der Waals surface area contributed by atoms with E-state index in [1.807, 2.05) is 0 Å². The average Bonchev–Trinajstić information content (AvgIpc) is 2.77. The number of hydrogen-bond donors (Lipinski definition) is 9. The van der Waals surface area contributed by atoms with Crippen LogP contribution in [0.2, 0.25) is 0 Å². The minimum absolute atomic E-state index is 0.00798. The lowest BCUT2D eigenvalue weighted by Crippen LogP contribution is -2.56. The Kier molecular flexibility index (Phi) is 15.4. The summed E-state index contributed by atoms with van der Waals surface area (Å²) >= 11 is 0. The highest BCUT2D eigenvalue weighted by Gasteiger charge is 2.29. The number of aliphatic carboxylic acids is 2. The summed E-state index contributed by atoms with van der Waals surface area (Å²) < 4.78 is 0. The third-order valence-electron chi connectivity index (χ3n) is 4.90. The van der Waals surface area contributed by atoms with Crippen LogP contribution in [0.1, 0.15) is 51.9 Å². The zero-order chi connectivity index (χ0) is 27.0. The second kappa shape index (κ2) is 17.0. The van der Waals surface area contributed by atoms with Crippen LogP contribution in [-0.4, -0.2) is 83.1 Å². The Morgan fingerprint density at radius 3 is 2.00 bits per heavy atom. The van der Waals surface area contributed by atoms with Crippen LogP contribution in [0.15, 0.2) is 4.99 Å². The third-order valence-corrected chi connectivity index (χ3v) is 4.90. The number of amides is 3. The quantitative estimate of drug-likeness (QED) is 0.0514. The molecule has 4 atom stereocenters. The summed E-state index contributed by atoms with van der Waals surface area (Å²) in [6, 6.07) is -4.60. The van der Waals surface area contributed by atoms with Crippen LogP contribution in [0.5, 0.6) is 0 Å². The van der Waals surface area contributed by atoms with Gasteiger partial charge in [0.15, 0.2) is 5.96 Å². The van der Waals surface area contributed by atoms with E-state index in [1.54, 1.807) is 0 Å². The van der Waals surface area contributed by atoms with Crippen molar-refractivity contribution in [1.82, 2.24) is 16.0 Å². The van der Waals surface area contributed by atoms with Gasteiger partial charge in [-0.25, -0.2) is 4.79 Å². The van der Waals surface area contributed by atoms with E-state index in [2.05, 4.69) is 20.9 Å². The molecule has 0 aliphatic carbocycles. The highest BCUT2D eigenvalue weighted by molar-refractivity contribution is 5.94. The van der Waals surface area contributed by atoms with Crippen molar-refractivity contribution in [1.29, 1.82) is 0 Å². The van der Waals surface area contributed by atoms with Gasteiger partial charge in [0.2, 0.25) is 17.7 Å². The molecular weight excluding hydrogens is 464 g/mol. The van der Waals surface area contributed by atoms with Crippen molar-refractivity contribution < 1.29 is 34.2 Å². The average molecular weight is 503 g/mol. The van der Waals surface area contributed by atoms with Gasteiger partial charge in [-0.3, -0.25) is 24.2 Å². The molecule has 15 nitrogen and oxygen atoms in total. The number of hydrogen-bond acceptors (Lipinski definition) is 8. The molecule has 0 heterocycles. The zero-order valence-corrected chi connectivity index (χ0v) is 19.9. The predicted molar refractivity (Wildman–Crippen MR) is 127 cm³/mol. The first-order chi connectivity index (χ1) is 16.4. The number of unbranched alkanes of at least 4 members (excludes halogenated alkanes) is 1. The molecule has 15 heteroatoms. The molecule has 0 aromatic heterocycles. The molecule has 0 aliphatic rings.